The van der Waals surface area contributed by atoms with E-state index in [4.69, 9.17) is 5.73 Å². The van der Waals surface area contributed by atoms with Crippen LogP contribution in [-0.2, 0) is 0 Å². The maximum Gasteiger partial charge on any atom is 0.335 e. The molecule has 1 aliphatic rings. The van der Waals surface area contributed by atoms with Gasteiger partial charge in [-0.15, -0.1) is 0 Å². The predicted molar refractivity (Wildman–Crippen MR) is 180 cm³/mol. The molecule has 47 heavy (non-hydrogen) atoms. The van der Waals surface area contributed by atoms with Crippen molar-refractivity contribution in [2.45, 2.75) is 38.6 Å². The van der Waals surface area contributed by atoms with Crippen molar-refractivity contribution in [1.29, 1.82) is 0 Å². The number of hydrogen-bond acceptors (Lipinski definition) is 7. The summed E-state index contributed by atoms with van der Waals surface area (Å²) >= 11 is 0. The van der Waals surface area contributed by atoms with E-state index in [2.05, 4.69) is 21.5 Å². The summed E-state index contributed by atoms with van der Waals surface area (Å²) in [5.41, 5.74) is 9.20. The first-order valence-corrected chi connectivity index (χ1v) is 15.5. The van der Waals surface area contributed by atoms with Crippen molar-refractivity contribution in [3.63, 3.8) is 0 Å². The Labute approximate surface area is 270 Å². The average molecular weight is 636 g/mol. The second-order valence-electron chi connectivity index (χ2n) is 12.2. The van der Waals surface area contributed by atoms with Crippen LogP contribution in [0.4, 0.5) is 16.3 Å². The number of carbonyl (C=O) groups excluding carboxylic acids is 2. The number of anilines is 2. The molecule has 3 N–H and O–H groups in total. The number of fused-ring (bicyclic) bond motifs is 1. The highest BCUT2D eigenvalue weighted by Crippen LogP contribution is 2.37. The number of nitrogens with zero attached hydrogens (tertiary/aromatic N) is 7. The molecule has 0 spiro atoms. The summed E-state index contributed by atoms with van der Waals surface area (Å²) < 4.78 is 4.23. The maximum atomic E-state index is 13.5. The predicted octanol–water partition coefficient (Wildman–Crippen LogP) is 3.99. The van der Waals surface area contributed by atoms with Crippen molar-refractivity contribution in [2.24, 2.45) is 0 Å². The number of nitrogen functional groups attached to an aromatic ring is 1. The average Bonchev–Trinajstić information content (AvgIpc) is 3.46. The Hall–Kier alpha value is -5.72. The quantitative estimate of drug-likeness (QED) is 0.286. The SMILES string of the molecule is CC(C)n1cc(C(=O)Nc2ccc(-c3cc(C4CCN(C(=O)N(C)C)CC4)n4ncnc(N)c34)cc2)c(=O)n(-c2ccccc2)c1=O. The van der Waals surface area contributed by atoms with E-state index in [0.29, 0.717) is 35.8 Å². The smallest absolute Gasteiger partial charge is 0.335 e. The van der Waals surface area contributed by atoms with E-state index in [9.17, 15) is 19.2 Å². The lowest BCUT2D eigenvalue weighted by Crippen LogP contribution is -2.43. The van der Waals surface area contributed by atoms with Crippen LogP contribution in [-0.4, -0.2) is 72.7 Å². The van der Waals surface area contributed by atoms with Gasteiger partial charge < -0.3 is 20.9 Å². The van der Waals surface area contributed by atoms with Crippen LogP contribution in [0.15, 0.2) is 82.8 Å². The number of carbonyl (C=O) groups is 2. The molecule has 13 nitrogen and oxygen atoms in total. The standard InChI is InChI=1S/C34H37N9O4/c1-21(2)41-19-27(32(45)42(34(41)47)25-8-6-5-7-9-25)31(44)38-24-12-10-22(11-13-24)26-18-28(43-29(26)30(35)36-20-37-43)23-14-16-40(17-15-23)33(46)39(3)4/h5-13,18-21,23H,14-17H2,1-4H3,(H,38,44)(H2,35,36,37). The minimum absolute atomic E-state index is 0.00584. The van der Waals surface area contributed by atoms with Gasteiger partial charge in [0, 0.05) is 62.3 Å². The first kappa shape index (κ1) is 31.3. The molecule has 1 saturated heterocycles. The zero-order valence-electron chi connectivity index (χ0n) is 26.8. The van der Waals surface area contributed by atoms with E-state index in [0.717, 1.165) is 34.2 Å². The van der Waals surface area contributed by atoms with Gasteiger partial charge in [-0.2, -0.15) is 5.10 Å². The summed E-state index contributed by atoms with van der Waals surface area (Å²) in [6, 6.07) is 17.5. The van der Waals surface area contributed by atoms with Crippen molar-refractivity contribution < 1.29 is 9.59 Å². The van der Waals surface area contributed by atoms with Crippen molar-refractivity contribution in [3.05, 3.63) is 105 Å². The highest BCUT2D eigenvalue weighted by molar-refractivity contribution is 6.04. The van der Waals surface area contributed by atoms with E-state index in [1.165, 1.54) is 17.1 Å². The summed E-state index contributed by atoms with van der Waals surface area (Å²) in [5.74, 6) is -0.117. The third-order valence-corrected chi connectivity index (χ3v) is 8.56. The van der Waals surface area contributed by atoms with Crippen LogP contribution in [0.1, 0.15) is 54.7 Å². The molecule has 3 amide bonds. The third kappa shape index (κ3) is 5.87. The first-order chi connectivity index (χ1) is 22.5. The number of para-hydroxylation sites is 1. The molecule has 6 rings (SSSR count). The van der Waals surface area contributed by atoms with E-state index in [1.54, 1.807) is 61.5 Å². The number of amides is 3. The number of benzene rings is 2. The summed E-state index contributed by atoms with van der Waals surface area (Å²) in [4.78, 5) is 60.2. The molecule has 0 atom stereocenters. The van der Waals surface area contributed by atoms with E-state index < -0.39 is 17.2 Å². The second kappa shape index (κ2) is 12.6. The summed E-state index contributed by atoms with van der Waals surface area (Å²) in [6.45, 7) is 4.91. The molecule has 0 saturated carbocycles. The molecule has 1 fully saturated rings. The topological polar surface area (TPSA) is 153 Å². The van der Waals surface area contributed by atoms with Crippen LogP contribution in [0.5, 0.6) is 0 Å². The van der Waals surface area contributed by atoms with Gasteiger partial charge in [0.05, 0.1) is 5.69 Å². The first-order valence-electron chi connectivity index (χ1n) is 15.5. The van der Waals surface area contributed by atoms with Gasteiger partial charge >= 0.3 is 11.7 Å². The number of nitrogens with one attached hydrogen (secondary N) is 1. The minimum Gasteiger partial charge on any atom is -0.382 e. The molecule has 1 aliphatic heterocycles. The van der Waals surface area contributed by atoms with Crippen molar-refractivity contribution in [3.8, 4) is 16.8 Å². The Morgan fingerprint density at radius 1 is 1.00 bits per heavy atom. The zero-order chi connectivity index (χ0) is 33.4. The van der Waals surface area contributed by atoms with Crippen LogP contribution in [0.3, 0.4) is 0 Å². The molecule has 5 aromatic rings. The number of aromatic nitrogens is 5. The number of rotatable bonds is 6. The van der Waals surface area contributed by atoms with Gasteiger partial charge in [-0.1, -0.05) is 30.3 Å². The molecule has 13 heteroatoms. The van der Waals surface area contributed by atoms with E-state index in [1.807, 2.05) is 35.4 Å². The van der Waals surface area contributed by atoms with E-state index >= 15 is 0 Å². The molecule has 4 heterocycles. The third-order valence-electron chi connectivity index (χ3n) is 8.56. The Balaban J connectivity index is 1.28. The van der Waals surface area contributed by atoms with Crippen LogP contribution in [0, 0.1) is 0 Å². The number of likely N-dealkylation sites (tertiary alicyclic amines) is 1. The van der Waals surface area contributed by atoms with Gasteiger partial charge in [-0.05, 0) is 62.6 Å². The molecule has 2 aromatic carbocycles. The Bertz CT molecular complexity index is 2070. The Morgan fingerprint density at radius 3 is 2.32 bits per heavy atom. The molecule has 0 bridgehead atoms. The lowest BCUT2D eigenvalue weighted by atomic mass is 9.93. The van der Waals surface area contributed by atoms with Crippen molar-refractivity contribution in [2.75, 3.05) is 38.2 Å². The van der Waals surface area contributed by atoms with Gasteiger partial charge in [0.25, 0.3) is 11.5 Å². The van der Waals surface area contributed by atoms with Crippen LogP contribution >= 0.6 is 0 Å². The van der Waals surface area contributed by atoms with E-state index in [-0.39, 0.29) is 23.6 Å². The largest absolute Gasteiger partial charge is 0.382 e. The highest BCUT2D eigenvalue weighted by atomic mass is 16.2. The van der Waals surface area contributed by atoms with Crippen LogP contribution in [0.25, 0.3) is 22.3 Å². The molecule has 0 radical (unpaired) electrons. The van der Waals surface area contributed by atoms with Crippen molar-refractivity contribution in [1.82, 2.24) is 33.5 Å². The fourth-order valence-corrected chi connectivity index (χ4v) is 6.09. The summed E-state index contributed by atoms with van der Waals surface area (Å²) in [6.07, 6.45) is 4.33. The van der Waals surface area contributed by atoms with Gasteiger partial charge in [-0.3, -0.25) is 14.2 Å². The molecule has 3 aromatic heterocycles. The number of hydrogen-bond donors (Lipinski definition) is 2. The molecular formula is C34H37N9O4. The van der Waals surface area contributed by atoms with Crippen molar-refractivity contribution >= 4 is 29.0 Å². The summed E-state index contributed by atoms with van der Waals surface area (Å²) in [5, 5.41) is 7.33. The van der Waals surface area contributed by atoms with Crippen LogP contribution < -0.4 is 22.3 Å². The number of piperidine rings is 1. The van der Waals surface area contributed by atoms with Gasteiger partial charge in [0.1, 0.15) is 17.4 Å². The van der Waals surface area contributed by atoms with Crippen LogP contribution in [0.2, 0.25) is 0 Å². The minimum atomic E-state index is -0.701. The lowest BCUT2D eigenvalue weighted by molar-refractivity contribution is 0.102. The monoisotopic (exact) mass is 635 g/mol. The fourth-order valence-electron chi connectivity index (χ4n) is 6.09. The molecule has 0 unspecified atom stereocenters. The highest BCUT2D eigenvalue weighted by Gasteiger charge is 2.28. The fraction of sp³-hybridized carbons (Fsp3) is 0.294. The van der Waals surface area contributed by atoms with Gasteiger partial charge in [0.2, 0.25) is 0 Å². The zero-order valence-corrected chi connectivity index (χ0v) is 26.8. The second-order valence-corrected chi connectivity index (χ2v) is 12.2. The summed E-state index contributed by atoms with van der Waals surface area (Å²) in [7, 11) is 3.51. The molecule has 242 valence electrons. The van der Waals surface area contributed by atoms with Gasteiger partial charge in [0.15, 0.2) is 5.82 Å². The normalized spacial score (nSPS) is 13.7. The number of nitrogens with two attached hydrogens (primary N) is 1. The molecule has 0 aliphatic carbocycles. The van der Waals surface area contributed by atoms with Gasteiger partial charge in [-0.25, -0.2) is 23.7 Å². The maximum absolute atomic E-state index is 13.5. The molecular weight excluding hydrogens is 598 g/mol. The Morgan fingerprint density at radius 2 is 1.68 bits per heavy atom. The number of urea groups is 1. The Kier molecular flexibility index (Phi) is 8.37. The lowest BCUT2D eigenvalue weighted by Gasteiger charge is -2.33.